The van der Waals surface area contributed by atoms with Crippen LogP contribution in [0.25, 0.3) is 0 Å². The van der Waals surface area contributed by atoms with E-state index < -0.39 is 0 Å². The van der Waals surface area contributed by atoms with E-state index in [4.69, 9.17) is 0 Å². The first-order chi connectivity index (χ1) is 7.15. The summed E-state index contributed by atoms with van der Waals surface area (Å²) < 4.78 is 0. The zero-order valence-electron chi connectivity index (χ0n) is 9.89. The molecule has 2 N–H and O–H groups in total. The van der Waals surface area contributed by atoms with Gasteiger partial charge < -0.3 is 10.2 Å². The van der Waals surface area contributed by atoms with Gasteiger partial charge in [-0.3, -0.25) is 0 Å². The fraction of sp³-hybridized carbons (Fsp3) is 1.00. The van der Waals surface area contributed by atoms with Crippen molar-refractivity contribution in [2.45, 2.75) is 45.6 Å². The molecule has 2 aliphatic rings. The van der Waals surface area contributed by atoms with Gasteiger partial charge in [0.05, 0.1) is 6.10 Å². The summed E-state index contributed by atoms with van der Waals surface area (Å²) in [7, 11) is 0. The predicted octanol–water partition coefficient (Wildman–Crippen LogP) is 2.05. The molecule has 0 radical (unpaired) electrons. The van der Waals surface area contributed by atoms with Crippen LogP contribution in [0.2, 0.25) is 0 Å². The lowest BCUT2D eigenvalue weighted by atomic mass is 9.68. The Labute approximate surface area is 92.7 Å². The third kappa shape index (κ3) is 1.94. The Morgan fingerprint density at radius 1 is 1.20 bits per heavy atom. The molecule has 2 nitrogen and oxygen atoms in total. The molecule has 0 aromatic carbocycles. The van der Waals surface area contributed by atoms with Gasteiger partial charge >= 0.3 is 0 Å². The van der Waals surface area contributed by atoms with E-state index in [-0.39, 0.29) is 6.10 Å². The lowest BCUT2D eigenvalue weighted by molar-refractivity contribution is -0.00131. The van der Waals surface area contributed by atoms with Gasteiger partial charge in [0.2, 0.25) is 0 Å². The molecule has 0 amide bonds. The maximum absolute atomic E-state index is 10.0. The van der Waals surface area contributed by atoms with Crippen molar-refractivity contribution in [3.8, 4) is 0 Å². The average molecular weight is 212 g/mol. The highest BCUT2D eigenvalue weighted by atomic mass is 16.3. The minimum atomic E-state index is -0.0675. The maximum atomic E-state index is 10.0. The molecule has 0 bridgehead atoms. The van der Waals surface area contributed by atoms with Crippen molar-refractivity contribution in [2.75, 3.05) is 6.61 Å². The molecule has 0 aliphatic heterocycles. The minimum absolute atomic E-state index is 0.0675. The molecule has 0 spiro atoms. The highest BCUT2D eigenvalue weighted by Gasteiger charge is 2.46. The molecule has 2 heteroatoms. The molecule has 2 saturated carbocycles. The van der Waals surface area contributed by atoms with Crippen molar-refractivity contribution in [1.29, 1.82) is 0 Å². The summed E-state index contributed by atoms with van der Waals surface area (Å²) in [6.45, 7) is 4.78. The first-order valence-corrected chi connectivity index (χ1v) is 6.44. The van der Waals surface area contributed by atoms with Gasteiger partial charge in [-0.25, -0.2) is 0 Å². The number of aliphatic hydroxyl groups is 2. The van der Waals surface area contributed by atoms with Crippen LogP contribution in [0.5, 0.6) is 0 Å². The van der Waals surface area contributed by atoms with E-state index in [0.29, 0.717) is 30.3 Å². The average Bonchev–Trinajstić information content (AvgIpc) is 2.68. The van der Waals surface area contributed by atoms with Crippen LogP contribution in [0, 0.1) is 29.6 Å². The monoisotopic (exact) mass is 212 g/mol. The van der Waals surface area contributed by atoms with Crippen LogP contribution in [0.3, 0.4) is 0 Å². The van der Waals surface area contributed by atoms with Gasteiger partial charge in [-0.2, -0.15) is 0 Å². The van der Waals surface area contributed by atoms with Crippen molar-refractivity contribution in [2.24, 2.45) is 29.6 Å². The second-order valence-corrected chi connectivity index (χ2v) is 5.76. The van der Waals surface area contributed by atoms with E-state index in [1.165, 1.54) is 12.8 Å². The highest BCUT2D eigenvalue weighted by molar-refractivity contribution is 4.95. The Bertz CT molecular complexity index is 217. The summed E-state index contributed by atoms with van der Waals surface area (Å²) in [6, 6.07) is 0. The molecular formula is C13H24O2. The summed E-state index contributed by atoms with van der Waals surface area (Å²) in [4.78, 5) is 0. The standard InChI is InChI=1S/C13H24O2/c1-8-3-6-12(15)11-5-4-10(13(8)11)9(2)7-14/h8-15H,3-7H2,1-2H3. The molecular weight excluding hydrogens is 188 g/mol. The molecule has 0 saturated heterocycles. The summed E-state index contributed by atoms with van der Waals surface area (Å²) >= 11 is 0. The Balaban J connectivity index is 2.11. The normalized spacial score (nSPS) is 47.6. The summed E-state index contributed by atoms with van der Waals surface area (Å²) in [5, 5.41) is 19.3. The molecule has 6 atom stereocenters. The number of hydrogen-bond acceptors (Lipinski definition) is 2. The molecule has 6 unspecified atom stereocenters. The molecule has 0 aromatic heterocycles. The molecule has 88 valence electrons. The van der Waals surface area contributed by atoms with Crippen molar-refractivity contribution < 1.29 is 10.2 Å². The summed E-state index contributed by atoms with van der Waals surface area (Å²) in [5.41, 5.74) is 0. The van der Waals surface area contributed by atoms with Crippen LogP contribution >= 0.6 is 0 Å². The zero-order chi connectivity index (χ0) is 11.0. The first kappa shape index (κ1) is 11.4. The van der Waals surface area contributed by atoms with E-state index in [1.807, 2.05) is 0 Å². The van der Waals surface area contributed by atoms with Gasteiger partial charge in [0.15, 0.2) is 0 Å². The molecule has 15 heavy (non-hydrogen) atoms. The Kier molecular flexibility index (Phi) is 3.36. The van der Waals surface area contributed by atoms with Gasteiger partial charge in [0, 0.05) is 6.61 Å². The smallest absolute Gasteiger partial charge is 0.0571 e. The number of rotatable bonds is 2. The van der Waals surface area contributed by atoms with Gasteiger partial charge in [0.1, 0.15) is 0 Å². The quantitative estimate of drug-likeness (QED) is 0.735. The second kappa shape index (κ2) is 4.42. The van der Waals surface area contributed by atoms with Gasteiger partial charge in [0.25, 0.3) is 0 Å². The van der Waals surface area contributed by atoms with Crippen LogP contribution in [0.15, 0.2) is 0 Å². The van der Waals surface area contributed by atoms with E-state index in [1.54, 1.807) is 0 Å². The fourth-order valence-corrected chi connectivity index (χ4v) is 4.02. The van der Waals surface area contributed by atoms with Crippen LogP contribution in [-0.2, 0) is 0 Å². The van der Waals surface area contributed by atoms with Gasteiger partial charge in [-0.05, 0) is 55.3 Å². The Hall–Kier alpha value is -0.0800. The van der Waals surface area contributed by atoms with Gasteiger partial charge in [-0.15, -0.1) is 0 Å². The molecule has 2 rings (SSSR count). The summed E-state index contributed by atoms with van der Waals surface area (Å²) in [5.74, 6) is 2.97. The zero-order valence-corrected chi connectivity index (χ0v) is 9.89. The first-order valence-electron chi connectivity index (χ1n) is 6.44. The predicted molar refractivity (Wildman–Crippen MR) is 60.4 cm³/mol. The van der Waals surface area contributed by atoms with Crippen molar-refractivity contribution in [3.63, 3.8) is 0 Å². The highest BCUT2D eigenvalue weighted by Crippen LogP contribution is 2.51. The van der Waals surface area contributed by atoms with Crippen LogP contribution in [0.1, 0.15) is 39.5 Å². The van der Waals surface area contributed by atoms with Crippen LogP contribution < -0.4 is 0 Å². The Morgan fingerprint density at radius 3 is 2.60 bits per heavy atom. The van der Waals surface area contributed by atoms with E-state index in [2.05, 4.69) is 13.8 Å². The van der Waals surface area contributed by atoms with Crippen LogP contribution in [0.4, 0.5) is 0 Å². The molecule has 0 aromatic rings. The van der Waals surface area contributed by atoms with E-state index >= 15 is 0 Å². The third-order valence-electron chi connectivity index (χ3n) is 4.91. The largest absolute Gasteiger partial charge is 0.396 e. The lowest BCUT2D eigenvalue weighted by Gasteiger charge is -2.39. The lowest BCUT2D eigenvalue weighted by Crippen LogP contribution is -2.38. The number of aliphatic hydroxyl groups excluding tert-OH is 2. The summed E-state index contributed by atoms with van der Waals surface area (Å²) in [6.07, 6.45) is 4.46. The number of hydrogen-bond donors (Lipinski definition) is 2. The topological polar surface area (TPSA) is 40.5 Å². The van der Waals surface area contributed by atoms with Crippen molar-refractivity contribution >= 4 is 0 Å². The molecule has 2 aliphatic carbocycles. The van der Waals surface area contributed by atoms with Crippen molar-refractivity contribution in [1.82, 2.24) is 0 Å². The fourth-order valence-electron chi connectivity index (χ4n) is 4.02. The minimum Gasteiger partial charge on any atom is -0.396 e. The van der Waals surface area contributed by atoms with E-state index in [0.717, 1.165) is 18.8 Å². The van der Waals surface area contributed by atoms with E-state index in [9.17, 15) is 10.2 Å². The van der Waals surface area contributed by atoms with Crippen molar-refractivity contribution in [3.05, 3.63) is 0 Å². The van der Waals surface area contributed by atoms with Gasteiger partial charge in [-0.1, -0.05) is 13.8 Å². The Morgan fingerprint density at radius 2 is 1.93 bits per heavy atom. The maximum Gasteiger partial charge on any atom is 0.0571 e. The molecule has 2 fully saturated rings. The van der Waals surface area contributed by atoms with Crippen LogP contribution in [-0.4, -0.2) is 22.9 Å². The second-order valence-electron chi connectivity index (χ2n) is 5.76. The SMILES string of the molecule is CC(CO)C1CCC2C(O)CCC(C)C12. The molecule has 0 heterocycles. The number of fused-ring (bicyclic) bond motifs is 1. The third-order valence-corrected chi connectivity index (χ3v) is 4.91.